The molecule has 3 rings (SSSR count). The normalized spacial score (nSPS) is 14.8. The third kappa shape index (κ3) is 3.94. The molecule has 1 N–H and O–H groups in total. The number of hydrogen-bond donors (Lipinski definition) is 1. The average molecular weight is 370 g/mol. The van der Waals surface area contributed by atoms with E-state index in [4.69, 9.17) is 11.6 Å². The highest BCUT2D eigenvalue weighted by Gasteiger charge is 2.27. The predicted molar refractivity (Wildman–Crippen MR) is 101 cm³/mol. The van der Waals surface area contributed by atoms with E-state index in [0.29, 0.717) is 16.4 Å². The van der Waals surface area contributed by atoms with Crippen molar-refractivity contribution < 1.29 is 4.79 Å². The number of halogens is 1. The van der Waals surface area contributed by atoms with Gasteiger partial charge >= 0.3 is 0 Å². The summed E-state index contributed by atoms with van der Waals surface area (Å²) < 4.78 is 0. The van der Waals surface area contributed by atoms with Gasteiger partial charge in [0.05, 0.1) is 22.0 Å². The molecule has 0 aromatic carbocycles. The fourth-order valence-electron chi connectivity index (χ4n) is 3.26. The Bertz CT molecular complexity index is 851. The number of piperidine rings is 1. The lowest BCUT2D eigenvalue weighted by molar-refractivity contribution is -0.120. The van der Waals surface area contributed by atoms with Gasteiger partial charge in [0.25, 0.3) is 0 Å². The maximum atomic E-state index is 12.5. The molecule has 0 aliphatic carbocycles. The largest absolute Gasteiger partial charge is 0.370 e. The highest BCUT2D eigenvalue weighted by Crippen LogP contribution is 2.28. The number of aromatic nitrogens is 2. The summed E-state index contributed by atoms with van der Waals surface area (Å²) in [5, 5.41) is 12.8. The van der Waals surface area contributed by atoms with Crippen molar-refractivity contribution in [1.82, 2.24) is 9.97 Å². The molecule has 1 amide bonds. The Morgan fingerprint density at radius 2 is 2.08 bits per heavy atom. The lowest BCUT2D eigenvalue weighted by atomic mass is 9.95. The van der Waals surface area contributed by atoms with Crippen LogP contribution in [-0.4, -0.2) is 29.0 Å². The smallest absolute Gasteiger partial charge is 0.228 e. The van der Waals surface area contributed by atoms with Crippen LogP contribution in [0.1, 0.15) is 29.8 Å². The van der Waals surface area contributed by atoms with Crippen LogP contribution in [0.3, 0.4) is 0 Å². The minimum Gasteiger partial charge on any atom is -0.370 e. The molecular weight excluding hydrogens is 350 g/mol. The third-order valence-electron chi connectivity index (χ3n) is 4.60. The average Bonchev–Trinajstić information content (AvgIpc) is 2.63. The Morgan fingerprint density at radius 3 is 2.69 bits per heavy atom. The first-order valence-electron chi connectivity index (χ1n) is 8.53. The Hall–Kier alpha value is -2.65. The molecule has 2 aromatic rings. The molecule has 6 nitrogen and oxygen atoms in total. The minimum atomic E-state index is -0.0710. The fourth-order valence-corrected chi connectivity index (χ4v) is 3.37. The molecule has 26 heavy (non-hydrogen) atoms. The molecule has 0 saturated carbocycles. The van der Waals surface area contributed by atoms with Crippen LogP contribution in [0.25, 0.3) is 0 Å². The van der Waals surface area contributed by atoms with E-state index in [1.54, 1.807) is 12.1 Å². The second kappa shape index (κ2) is 7.71. The molecule has 0 atom stereocenters. The molecule has 1 aliphatic rings. The van der Waals surface area contributed by atoms with Gasteiger partial charge in [-0.25, -0.2) is 4.98 Å². The molecular formula is C19H20ClN5O. The molecule has 7 heteroatoms. The Balaban J connectivity index is 1.65. The molecule has 0 spiro atoms. The number of pyridine rings is 2. The minimum absolute atomic E-state index is 0.0259. The third-order valence-corrected chi connectivity index (χ3v) is 4.83. The molecule has 0 bridgehead atoms. The van der Waals surface area contributed by atoms with Crippen molar-refractivity contribution >= 4 is 29.0 Å². The van der Waals surface area contributed by atoms with Crippen LogP contribution in [0.4, 0.5) is 11.5 Å². The van der Waals surface area contributed by atoms with Gasteiger partial charge in [0, 0.05) is 30.9 Å². The van der Waals surface area contributed by atoms with Crippen molar-refractivity contribution in [1.29, 1.82) is 5.26 Å². The Morgan fingerprint density at radius 1 is 1.35 bits per heavy atom. The van der Waals surface area contributed by atoms with E-state index in [1.807, 2.05) is 19.9 Å². The Kier molecular flexibility index (Phi) is 5.38. The van der Waals surface area contributed by atoms with Crippen LogP contribution in [0, 0.1) is 31.1 Å². The van der Waals surface area contributed by atoms with Gasteiger partial charge in [0.2, 0.25) is 5.91 Å². The second-order valence-electron chi connectivity index (χ2n) is 6.47. The summed E-state index contributed by atoms with van der Waals surface area (Å²) in [6, 6.07) is 7.60. The number of rotatable bonds is 3. The van der Waals surface area contributed by atoms with Gasteiger partial charge in [0.15, 0.2) is 0 Å². The molecule has 2 aromatic heterocycles. The molecule has 1 fully saturated rings. The van der Waals surface area contributed by atoms with E-state index in [2.05, 4.69) is 26.3 Å². The highest BCUT2D eigenvalue weighted by molar-refractivity contribution is 6.30. The number of hydrogen-bond acceptors (Lipinski definition) is 5. The van der Waals surface area contributed by atoms with Crippen molar-refractivity contribution in [2.45, 2.75) is 26.7 Å². The maximum absolute atomic E-state index is 12.5. The number of nitrogens with zero attached hydrogens (tertiary/aromatic N) is 4. The fraction of sp³-hybridized carbons (Fsp3) is 0.368. The van der Waals surface area contributed by atoms with Gasteiger partial charge in [-0.15, -0.1) is 0 Å². The highest BCUT2D eigenvalue weighted by atomic mass is 35.5. The standard InChI is InChI=1S/C19H20ClN5O/c1-12-9-17(16(10-21)13(2)23-12)25-7-5-14(6-8-25)19(26)24-18-4-3-15(20)11-22-18/h3-4,9,11,14H,5-8H2,1-2H3,(H,22,24,26). The van der Waals surface area contributed by atoms with Gasteiger partial charge in [-0.2, -0.15) is 5.26 Å². The number of aryl methyl sites for hydroxylation is 2. The molecule has 1 saturated heterocycles. The summed E-state index contributed by atoms with van der Waals surface area (Å²) in [6.45, 7) is 5.23. The first-order valence-corrected chi connectivity index (χ1v) is 8.91. The van der Waals surface area contributed by atoms with Crippen molar-refractivity contribution in [2.75, 3.05) is 23.3 Å². The number of amides is 1. The van der Waals surface area contributed by atoms with E-state index in [-0.39, 0.29) is 11.8 Å². The predicted octanol–water partition coefficient (Wildman–Crippen LogP) is 3.47. The zero-order chi connectivity index (χ0) is 18.7. The summed E-state index contributed by atoms with van der Waals surface area (Å²) in [5.74, 6) is 0.411. The molecule has 3 heterocycles. The van der Waals surface area contributed by atoms with E-state index >= 15 is 0 Å². The summed E-state index contributed by atoms with van der Waals surface area (Å²) in [6.07, 6.45) is 2.96. The van der Waals surface area contributed by atoms with Crippen molar-refractivity contribution in [3.8, 4) is 6.07 Å². The first kappa shape index (κ1) is 18.2. The zero-order valence-electron chi connectivity index (χ0n) is 14.8. The van der Waals surface area contributed by atoms with Crippen LogP contribution in [-0.2, 0) is 4.79 Å². The van der Waals surface area contributed by atoms with Gasteiger partial charge in [0.1, 0.15) is 11.9 Å². The zero-order valence-corrected chi connectivity index (χ0v) is 15.5. The molecule has 0 radical (unpaired) electrons. The first-order chi connectivity index (χ1) is 12.5. The number of anilines is 2. The molecule has 0 unspecified atom stereocenters. The number of carbonyl (C=O) groups excluding carboxylic acids is 1. The topological polar surface area (TPSA) is 81.9 Å². The summed E-state index contributed by atoms with van der Waals surface area (Å²) >= 11 is 5.81. The monoisotopic (exact) mass is 369 g/mol. The summed E-state index contributed by atoms with van der Waals surface area (Å²) in [7, 11) is 0. The maximum Gasteiger partial charge on any atom is 0.228 e. The van der Waals surface area contributed by atoms with Gasteiger partial charge < -0.3 is 10.2 Å². The summed E-state index contributed by atoms with van der Waals surface area (Å²) in [4.78, 5) is 23.1. The van der Waals surface area contributed by atoms with Crippen LogP contribution in [0.2, 0.25) is 5.02 Å². The lowest BCUT2D eigenvalue weighted by Crippen LogP contribution is -2.38. The molecule has 134 valence electrons. The number of carbonyl (C=O) groups is 1. The quantitative estimate of drug-likeness (QED) is 0.895. The van der Waals surface area contributed by atoms with E-state index < -0.39 is 0 Å². The van der Waals surface area contributed by atoms with Crippen LogP contribution in [0.15, 0.2) is 24.4 Å². The van der Waals surface area contributed by atoms with E-state index in [1.165, 1.54) is 6.20 Å². The van der Waals surface area contributed by atoms with Crippen LogP contribution >= 0.6 is 11.6 Å². The SMILES string of the molecule is Cc1cc(N2CCC(C(=O)Nc3ccc(Cl)cn3)CC2)c(C#N)c(C)n1. The number of nitrogens with one attached hydrogen (secondary N) is 1. The van der Waals surface area contributed by atoms with Gasteiger partial charge in [-0.3, -0.25) is 9.78 Å². The molecule has 1 aliphatic heterocycles. The van der Waals surface area contributed by atoms with Crippen LogP contribution < -0.4 is 10.2 Å². The van der Waals surface area contributed by atoms with Crippen molar-refractivity contribution in [2.24, 2.45) is 5.92 Å². The summed E-state index contributed by atoms with van der Waals surface area (Å²) in [5.41, 5.74) is 3.17. The van der Waals surface area contributed by atoms with Crippen molar-refractivity contribution in [3.05, 3.63) is 46.4 Å². The van der Waals surface area contributed by atoms with Gasteiger partial charge in [-0.05, 0) is 44.9 Å². The van der Waals surface area contributed by atoms with Crippen molar-refractivity contribution in [3.63, 3.8) is 0 Å². The Labute approximate surface area is 157 Å². The second-order valence-corrected chi connectivity index (χ2v) is 6.90. The van der Waals surface area contributed by atoms with E-state index in [0.717, 1.165) is 43.0 Å². The van der Waals surface area contributed by atoms with Crippen LogP contribution in [0.5, 0.6) is 0 Å². The van der Waals surface area contributed by atoms with E-state index in [9.17, 15) is 10.1 Å². The lowest BCUT2D eigenvalue weighted by Gasteiger charge is -2.33. The van der Waals surface area contributed by atoms with Gasteiger partial charge in [-0.1, -0.05) is 11.6 Å². The number of nitriles is 1.